The molecule has 1 rings (SSSR count). The van der Waals surface area contributed by atoms with Gasteiger partial charge < -0.3 is 5.11 Å². The highest BCUT2D eigenvalue weighted by Gasteiger charge is 2.16. The van der Waals surface area contributed by atoms with Crippen molar-refractivity contribution >= 4 is 5.78 Å². The third-order valence-corrected chi connectivity index (χ3v) is 3.42. The Bertz CT molecular complexity index is 386. The molecule has 0 aromatic rings. The van der Waals surface area contributed by atoms with Crippen LogP contribution in [0.5, 0.6) is 0 Å². The number of rotatable bonds is 1. The Morgan fingerprint density at radius 3 is 2.71 bits per heavy atom. The average Bonchev–Trinajstić information content (AvgIpc) is 2.25. The van der Waals surface area contributed by atoms with Crippen LogP contribution in [0.2, 0.25) is 0 Å². The molecule has 0 radical (unpaired) electrons. The van der Waals surface area contributed by atoms with Gasteiger partial charge in [-0.2, -0.15) is 0 Å². The van der Waals surface area contributed by atoms with Crippen LogP contribution in [0.15, 0.2) is 35.1 Å². The van der Waals surface area contributed by atoms with E-state index in [1.54, 1.807) is 0 Å². The molecular formula is C15H22O2. The van der Waals surface area contributed by atoms with Crippen LogP contribution in [0.3, 0.4) is 0 Å². The van der Waals surface area contributed by atoms with E-state index in [0.717, 1.165) is 30.4 Å². The monoisotopic (exact) mass is 234 g/mol. The predicted molar refractivity (Wildman–Crippen MR) is 70.9 cm³/mol. The van der Waals surface area contributed by atoms with Crippen molar-refractivity contribution in [3.8, 4) is 0 Å². The van der Waals surface area contributed by atoms with Gasteiger partial charge in [0.25, 0.3) is 0 Å². The van der Waals surface area contributed by atoms with Crippen molar-refractivity contribution in [1.29, 1.82) is 0 Å². The van der Waals surface area contributed by atoms with Gasteiger partial charge in [-0.1, -0.05) is 23.8 Å². The highest BCUT2D eigenvalue weighted by Crippen LogP contribution is 2.26. The molecule has 17 heavy (non-hydrogen) atoms. The molecule has 0 aromatic carbocycles. The van der Waals surface area contributed by atoms with Crippen LogP contribution in [-0.4, -0.2) is 10.9 Å². The van der Waals surface area contributed by atoms with Crippen LogP contribution in [0, 0.1) is 5.92 Å². The third-order valence-electron chi connectivity index (χ3n) is 3.42. The summed E-state index contributed by atoms with van der Waals surface area (Å²) >= 11 is 0. The second-order valence-electron chi connectivity index (χ2n) is 5.10. The molecule has 94 valence electrons. The van der Waals surface area contributed by atoms with E-state index < -0.39 is 0 Å². The maximum absolute atomic E-state index is 11.7. The van der Waals surface area contributed by atoms with Crippen LogP contribution in [0.4, 0.5) is 0 Å². The number of hydrogen-bond donors (Lipinski definition) is 1. The summed E-state index contributed by atoms with van der Waals surface area (Å²) < 4.78 is 0. The molecule has 0 fully saturated rings. The predicted octanol–water partition coefficient (Wildman–Crippen LogP) is 4.10. The van der Waals surface area contributed by atoms with Gasteiger partial charge in [0.15, 0.2) is 5.76 Å². The fraction of sp³-hybridized carbons (Fsp3) is 0.533. The first-order valence-electron chi connectivity index (χ1n) is 6.14. The molecule has 0 saturated carbocycles. The Hall–Kier alpha value is -1.31. The van der Waals surface area contributed by atoms with E-state index in [1.807, 2.05) is 20.8 Å². The summed E-state index contributed by atoms with van der Waals surface area (Å²) in [6.07, 6.45) is 5.09. The van der Waals surface area contributed by atoms with E-state index in [1.165, 1.54) is 5.57 Å². The molecule has 0 spiro atoms. The maximum Gasteiger partial charge on any atom is 0.201 e. The van der Waals surface area contributed by atoms with E-state index in [2.05, 4.69) is 12.7 Å². The lowest BCUT2D eigenvalue weighted by Crippen LogP contribution is -2.09. The van der Waals surface area contributed by atoms with E-state index in [-0.39, 0.29) is 11.5 Å². The average molecular weight is 234 g/mol. The van der Waals surface area contributed by atoms with Crippen LogP contribution in [-0.2, 0) is 4.79 Å². The van der Waals surface area contributed by atoms with Gasteiger partial charge in [-0.15, -0.1) is 0 Å². The zero-order valence-electron chi connectivity index (χ0n) is 11.0. The minimum Gasteiger partial charge on any atom is -0.504 e. The first-order valence-corrected chi connectivity index (χ1v) is 6.14. The molecule has 0 heterocycles. The molecule has 2 nitrogen and oxygen atoms in total. The minimum absolute atomic E-state index is 0.0416. The maximum atomic E-state index is 11.7. The Labute approximate surface area is 104 Å². The minimum atomic E-state index is -0.162. The van der Waals surface area contributed by atoms with Gasteiger partial charge in [-0.25, -0.2) is 0 Å². The summed E-state index contributed by atoms with van der Waals surface area (Å²) in [5.74, 6) is 0.242. The molecule has 0 saturated heterocycles. The number of aliphatic hydroxyl groups is 1. The fourth-order valence-electron chi connectivity index (χ4n) is 2.07. The first kappa shape index (κ1) is 13.8. The highest BCUT2D eigenvalue weighted by atomic mass is 16.3. The van der Waals surface area contributed by atoms with Crippen molar-refractivity contribution < 1.29 is 9.90 Å². The molecule has 0 aromatic heterocycles. The Morgan fingerprint density at radius 2 is 2.12 bits per heavy atom. The number of aliphatic hydroxyl groups excluding tert-OH is 1. The Kier molecular flexibility index (Phi) is 4.73. The van der Waals surface area contributed by atoms with Crippen molar-refractivity contribution in [2.75, 3.05) is 0 Å². The SMILES string of the molecule is C=C(C)[C@H]1C/C=C(/C)CC(=O)/C(O)=C(/C)CC1. The van der Waals surface area contributed by atoms with Gasteiger partial charge in [0.2, 0.25) is 5.78 Å². The summed E-state index contributed by atoms with van der Waals surface area (Å²) in [5.41, 5.74) is 3.01. The number of carbonyl (C=O) groups is 1. The summed E-state index contributed by atoms with van der Waals surface area (Å²) in [5, 5.41) is 9.79. The van der Waals surface area contributed by atoms with Gasteiger partial charge in [0.1, 0.15) is 0 Å². The Morgan fingerprint density at radius 1 is 1.47 bits per heavy atom. The third kappa shape index (κ3) is 3.88. The number of ketones is 1. The molecule has 1 aliphatic carbocycles. The standard InChI is InChI=1S/C15H22O2/c1-10(2)13-7-5-11(3)9-14(16)15(17)12(4)6-8-13/h5,13,17H,1,6-9H2,2-4H3/b11-5-,15-12+/t13-/m0/s1. The molecule has 1 aliphatic rings. The van der Waals surface area contributed by atoms with E-state index in [9.17, 15) is 9.90 Å². The van der Waals surface area contributed by atoms with Crippen molar-refractivity contribution in [3.05, 3.63) is 35.1 Å². The molecule has 0 unspecified atom stereocenters. The largest absolute Gasteiger partial charge is 0.504 e. The second-order valence-corrected chi connectivity index (χ2v) is 5.10. The smallest absolute Gasteiger partial charge is 0.201 e. The molecule has 0 bridgehead atoms. The van der Waals surface area contributed by atoms with Gasteiger partial charge in [0, 0.05) is 6.42 Å². The second kappa shape index (κ2) is 5.85. The molecule has 0 aliphatic heterocycles. The van der Waals surface area contributed by atoms with Gasteiger partial charge in [-0.3, -0.25) is 4.79 Å². The topological polar surface area (TPSA) is 37.3 Å². The fourth-order valence-corrected chi connectivity index (χ4v) is 2.07. The van der Waals surface area contributed by atoms with Crippen molar-refractivity contribution in [3.63, 3.8) is 0 Å². The van der Waals surface area contributed by atoms with Crippen LogP contribution >= 0.6 is 0 Å². The summed E-state index contributed by atoms with van der Waals surface area (Å²) in [7, 11) is 0. The normalized spacial score (nSPS) is 30.6. The number of hydrogen-bond acceptors (Lipinski definition) is 2. The highest BCUT2D eigenvalue weighted by molar-refractivity contribution is 5.95. The summed E-state index contributed by atoms with van der Waals surface area (Å²) in [6.45, 7) is 9.84. The van der Waals surface area contributed by atoms with E-state index in [0.29, 0.717) is 12.3 Å². The lowest BCUT2D eigenvalue weighted by molar-refractivity contribution is -0.117. The number of Topliss-reactive ketones (excluding diaryl/α,β-unsaturated/α-hetero) is 1. The van der Waals surface area contributed by atoms with Crippen LogP contribution in [0.1, 0.15) is 46.5 Å². The Balaban J connectivity index is 2.95. The van der Waals surface area contributed by atoms with Crippen molar-refractivity contribution in [2.45, 2.75) is 46.5 Å². The molecular weight excluding hydrogens is 212 g/mol. The molecule has 1 N–H and O–H groups in total. The van der Waals surface area contributed by atoms with Crippen LogP contribution < -0.4 is 0 Å². The summed E-state index contributed by atoms with van der Waals surface area (Å²) in [4.78, 5) is 11.7. The van der Waals surface area contributed by atoms with Crippen LogP contribution in [0.25, 0.3) is 0 Å². The number of carbonyl (C=O) groups excluding carboxylic acids is 1. The lowest BCUT2D eigenvalue weighted by Gasteiger charge is -2.17. The molecule has 0 amide bonds. The van der Waals surface area contributed by atoms with Crippen molar-refractivity contribution in [1.82, 2.24) is 0 Å². The lowest BCUT2D eigenvalue weighted by atomic mass is 9.88. The zero-order chi connectivity index (χ0) is 13.0. The molecule has 1 atom stereocenters. The first-order chi connectivity index (χ1) is 7.91. The van der Waals surface area contributed by atoms with E-state index >= 15 is 0 Å². The zero-order valence-corrected chi connectivity index (χ0v) is 11.0. The quantitative estimate of drug-likeness (QED) is 0.693. The summed E-state index contributed by atoms with van der Waals surface area (Å²) in [6, 6.07) is 0. The van der Waals surface area contributed by atoms with Gasteiger partial charge in [-0.05, 0) is 51.5 Å². The number of allylic oxidation sites excluding steroid dienone is 5. The van der Waals surface area contributed by atoms with Crippen molar-refractivity contribution in [2.24, 2.45) is 5.92 Å². The van der Waals surface area contributed by atoms with Gasteiger partial charge in [0.05, 0.1) is 0 Å². The van der Waals surface area contributed by atoms with Gasteiger partial charge >= 0.3 is 0 Å². The van der Waals surface area contributed by atoms with E-state index in [4.69, 9.17) is 0 Å². The molecule has 2 heteroatoms.